The molecule has 4 aromatic rings. The van der Waals surface area contributed by atoms with Crippen LogP contribution in [0.2, 0.25) is 0 Å². The van der Waals surface area contributed by atoms with Crippen molar-refractivity contribution < 1.29 is 14.3 Å². The number of nitrogens with one attached hydrogen (secondary N) is 1. The lowest BCUT2D eigenvalue weighted by atomic mass is 9.93. The number of carbonyl (C=O) groups is 1. The van der Waals surface area contributed by atoms with Gasteiger partial charge in [-0.3, -0.25) is 0 Å². The summed E-state index contributed by atoms with van der Waals surface area (Å²) in [6, 6.07) is 27.3. The molecule has 0 aromatic heterocycles. The molecule has 0 bridgehead atoms. The Morgan fingerprint density at radius 1 is 0.971 bits per heavy atom. The lowest BCUT2D eigenvalue weighted by molar-refractivity contribution is 0.0600. The van der Waals surface area contributed by atoms with Crippen molar-refractivity contribution in [3.05, 3.63) is 101 Å². The van der Waals surface area contributed by atoms with Crippen molar-refractivity contribution in [3.63, 3.8) is 0 Å². The van der Waals surface area contributed by atoms with Gasteiger partial charge in [0.05, 0.1) is 19.3 Å². The van der Waals surface area contributed by atoms with Crippen molar-refractivity contribution in [2.45, 2.75) is 39.8 Å². The molecule has 1 atom stereocenters. The molecule has 0 fully saturated rings. The monoisotopic (exact) mass is 467 g/mol. The largest absolute Gasteiger partial charge is 0.494 e. The van der Waals surface area contributed by atoms with Gasteiger partial charge in [0, 0.05) is 12.6 Å². The van der Waals surface area contributed by atoms with Crippen LogP contribution in [-0.4, -0.2) is 19.7 Å². The van der Waals surface area contributed by atoms with Crippen molar-refractivity contribution in [1.29, 1.82) is 0 Å². The van der Waals surface area contributed by atoms with E-state index in [9.17, 15) is 4.79 Å². The average molecular weight is 468 g/mol. The number of rotatable bonds is 9. The Kier molecular flexibility index (Phi) is 7.84. The molecule has 0 aliphatic carbocycles. The molecule has 0 amide bonds. The Morgan fingerprint density at radius 3 is 2.60 bits per heavy atom. The van der Waals surface area contributed by atoms with Gasteiger partial charge in [-0.05, 0) is 89.2 Å². The van der Waals surface area contributed by atoms with E-state index in [0.29, 0.717) is 5.56 Å². The summed E-state index contributed by atoms with van der Waals surface area (Å²) >= 11 is 0. The van der Waals surface area contributed by atoms with Crippen LogP contribution >= 0.6 is 0 Å². The maximum Gasteiger partial charge on any atom is 0.338 e. The summed E-state index contributed by atoms with van der Waals surface area (Å²) < 4.78 is 10.8. The summed E-state index contributed by atoms with van der Waals surface area (Å²) in [5, 5.41) is 5.99. The molecule has 0 heterocycles. The topological polar surface area (TPSA) is 47.6 Å². The highest BCUT2D eigenvalue weighted by Gasteiger charge is 2.14. The quantitative estimate of drug-likeness (QED) is 0.264. The minimum absolute atomic E-state index is 0.167. The van der Waals surface area contributed by atoms with Gasteiger partial charge < -0.3 is 14.8 Å². The average Bonchev–Trinajstić information content (AvgIpc) is 2.90. The predicted octanol–water partition coefficient (Wildman–Crippen LogP) is 7.24. The van der Waals surface area contributed by atoms with Gasteiger partial charge in [0.15, 0.2) is 0 Å². The maximum absolute atomic E-state index is 12.3. The molecular weight excluding hydrogens is 434 g/mol. The lowest BCUT2D eigenvalue weighted by Crippen LogP contribution is -2.18. The first-order valence-corrected chi connectivity index (χ1v) is 12.2. The molecule has 0 spiro atoms. The third-order valence-corrected chi connectivity index (χ3v) is 6.32. The number of aryl methyl sites for hydroxylation is 1. The van der Waals surface area contributed by atoms with E-state index in [-0.39, 0.29) is 12.0 Å². The first kappa shape index (κ1) is 24.5. The highest BCUT2D eigenvalue weighted by Crippen LogP contribution is 2.32. The van der Waals surface area contributed by atoms with Crippen LogP contribution in [0.5, 0.6) is 5.75 Å². The standard InChI is InChI=1S/C31H33NO3/c1-5-15-35-27-11-8-10-24(18-27)22(3)32-20-23-16-25-9-6-7-12-28(25)30(17-23)26-14-13-21(2)29(19-26)31(33)34-4/h6-14,16-19,22,32H,5,15,20H2,1-4H3. The molecule has 4 nitrogen and oxygen atoms in total. The van der Waals surface area contributed by atoms with E-state index in [1.165, 1.54) is 23.6 Å². The highest BCUT2D eigenvalue weighted by atomic mass is 16.5. The van der Waals surface area contributed by atoms with Gasteiger partial charge >= 0.3 is 5.97 Å². The Morgan fingerprint density at radius 2 is 1.80 bits per heavy atom. The maximum atomic E-state index is 12.3. The summed E-state index contributed by atoms with van der Waals surface area (Å²) in [5.74, 6) is 0.595. The Balaban J connectivity index is 1.63. The Hall–Kier alpha value is -3.63. The van der Waals surface area contributed by atoms with E-state index in [4.69, 9.17) is 9.47 Å². The second-order valence-electron chi connectivity index (χ2n) is 8.91. The van der Waals surface area contributed by atoms with Crippen molar-refractivity contribution in [3.8, 4) is 16.9 Å². The number of hydrogen-bond acceptors (Lipinski definition) is 4. The van der Waals surface area contributed by atoms with Gasteiger partial charge in [-0.1, -0.05) is 55.5 Å². The number of carbonyl (C=O) groups excluding carboxylic acids is 1. The van der Waals surface area contributed by atoms with Crippen LogP contribution in [0.3, 0.4) is 0 Å². The van der Waals surface area contributed by atoms with Gasteiger partial charge in [-0.25, -0.2) is 4.79 Å². The number of esters is 1. The normalized spacial score (nSPS) is 11.9. The number of ether oxygens (including phenoxy) is 2. The third kappa shape index (κ3) is 5.72. The van der Waals surface area contributed by atoms with Gasteiger partial charge in [-0.2, -0.15) is 0 Å². The highest BCUT2D eigenvalue weighted by molar-refractivity contribution is 5.99. The molecule has 35 heavy (non-hydrogen) atoms. The van der Waals surface area contributed by atoms with E-state index in [1.807, 2.05) is 31.2 Å². The number of benzene rings is 4. The summed E-state index contributed by atoms with van der Waals surface area (Å²) in [7, 11) is 1.42. The zero-order chi connectivity index (χ0) is 24.8. The number of hydrogen-bond donors (Lipinski definition) is 1. The van der Waals surface area contributed by atoms with Gasteiger partial charge in [-0.15, -0.1) is 0 Å². The van der Waals surface area contributed by atoms with Gasteiger partial charge in [0.1, 0.15) is 5.75 Å². The van der Waals surface area contributed by atoms with Crippen molar-refractivity contribution in [2.24, 2.45) is 0 Å². The van der Waals surface area contributed by atoms with Gasteiger partial charge in [0.2, 0.25) is 0 Å². The molecule has 0 aliphatic rings. The smallest absolute Gasteiger partial charge is 0.338 e. The van der Waals surface area contributed by atoms with Crippen LogP contribution < -0.4 is 10.1 Å². The van der Waals surface area contributed by atoms with Crippen LogP contribution in [0, 0.1) is 6.92 Å². The van der Waals surface area contributed by atoms with E-state index in [0.717, 1.165) is 47.4 Å². The number of methoxy groups -OCH3 is 1. The Labute approximate surface area is 207 Å². The fraction of sp³-hybridized carbons (Fsp3) is 0.258. The summed E-state index contributed by atoms with van der Waals surface area (Å²) in [6.07, 6.45) is 0.991. The first-order chi connectivity index (χ1) is 17.0. The summed E-state index contributed by atoms with van der Waals surface area (Å²) in [4.78, 5) is 12.3. The molecule has 0 aliphatic heterocycles. The van der Waals surface area contributed by atoms with Crippen LogP contribution in [0.1, 0.15) is 53.4 Å². The molecule has 4 rings (SSSR count). The van der Waals surface area contributed by atoms with Gasteiger partial charge in [0.25, 0.3) is 0 Å². The van der Waals surface area contributed by atoms with Crippen LogP contribution in [0.15, 0.2) is 78.9 Å². The molecule has 1 N–H and O–H groups in total. The van der Waals surface area contributed by atoms with Crippen molar-refractivity contribution >= 4 is 16.7 Å². The minimum Gasteiger partial charge on any atom is -0.494 e. The molecular formula is C31H33NO3. The fourth-order valence-corrected chi connectivity index (χ4v) is 4.32. The first-order valence-electron chi connectivity index (χ1n) is 12.2. The van der Waals surface area contributed by atoms with Crippen LogP contribution in [0.4, 0.5) is 0 Å². The molecule has 0 saturated carbocycles. The lowest BCUT2D eigenvalue weighted by Gasteiger charge is -2.17. The summed E-state index contributed by atoms with van der Waals surface area (Å²) in [5.41, 5.74) is 5.98. The zero-order valence-corrected chi connectivity index (χ0v) is 20.9. The van der Waals surface area contributed by atoms with E-state index in [2.05, 4.69) is 73.8 Å². The second kappa shape index (κ2) is 11.2. The summed E-state index contributed by atoms with van der Waals surface area (Å²) in [6.45, 7) is 7.65. The van der Waals surface area contributed by atoms with E-state index >= 15 is 0 Å². The molecule has 4 heteroatoms. The molecule has 180 valence electrons. The number of fused-ring (bicyclic) bond motifs is 1. The van der Waals surface area contributed by atoms with E-state index in [1.54, 1.807) is 0 Å². The Bertz CT molecular complexity index is 1330. The van der Waals surface area contributed by atoms with E-state index < -0.39 is 0 Å². The SMILES string of the molecule is CCCOc1cccc(C(C)NCc2cc(-c3ccc(C)c(C(=O)OC)c3)c3ccccc3c2)c1. The van der Waals surface area contributed by atoms with Crippen LogP contribution in [-0.2, 0) is 11.3 Å². The zero-order valence-electron chi connectivity index (χ0n) is 20.9. The molecule has 0 radical (unpaired) electrons. The van der Waals surface area contributed by atoms with Crippen molar-refractivity contribution in [1.82, 2.24) is 5.32 Å². The molecule has 4 aromatic carbocycles. The minimum atomic E-state index is -0.314. The van der Waals surface area contributed by atoms with Crippen LogP contribution in [0.25, 0.3) is 21.9 Å². The predicted molar refractivity (Wildman–Crippen MR) is 143 cm³/mol. The van der Waals surface area contributed by atoms with Crippen molar-refractivity contribution in [2.75, 3.05) is 13.7 Å². The fourth-order valence-electron chi connectivity index (χ4n) is 4.32. The molecule has 0 saturated heterocycles. The third-order valence-electron chi connectivity index (χ3n) is 6.32. The second-order valence-corrected chi connectivity index (χ2v) is 8.91. The molecule has 1 unspecified atom stereocenters.